The minimum Gasteiger partial charge on any atom is -0.466 e. The fourth-order valence-electron chi connectivity index (χ4n) is 2.95. The van der Waals surface area contributed by atoms with Gasteiger partial charge in [-0.05, 0) is 41.8 Å². The first-order valence-electron chi connectivity index (χ1n) is 9.55. The second kappa shape index (κ2) is 8.41. The maximum atomic E-state index is 13.1. The fourth-order valence-corrected chi connectivity index (χ4v) is 2.95. The number of nitrogens with one attached hydrogen (secondary N) is 1. The summed E-state index contributed by atoms with van der Waals surface area (Å²) in [6.45, 7) is 5.93. The molecule has 1 aromatic heterocycles. The summed E-state index contributed by atoms with van der Waals surface area (Å²) >= 11 is 0. The molecule has 0 aliphatic rings. The predicted molar refractivity (Wildman–Crippen MR) is 111 cm³/mol. The number of carbonyl (C=O) groups is 1. The molecule has 0 unspecified atom stereocenters. The van der Waals surface area contributed by atoms with Gasteiger partial charge in [0, 0.05) is 17.7 Å². The van der Waals surface area contributed by atoms with Crippen molar-refractivity contribution >= 4 is 11.6 Å². The highest BCUT2D eigenvalue weighted by Crippen LogP contribution is 2.33. The Morgan fingerprint density at radius 2 is 1.77 bits per heavy atom. The number of hydrogen-bond donors (Lipinski definition) is 1. The molecular formula is C22H23F3N4O2. The highest BCUT2D eigenvalue weighted by atomic mass is 19.4. The first-order valence-corrected chi connectivity index (χ1v) is 9.55. The van der Waals surface area contributed by atoms with Gasteiger partial charge in [0.15, 0.2) is 5.82 Å². The number of rotatable bonds is 5. The Bertz CT molecular complexity index is 1070. The van der Waals surface area contributed by atoms with E-state index in [0.717, 1.165) is 12.1 Å². The molecule has 9 heteroatoms. The normalized spacial score (nSPS) is 12.0. The van der Waals surface area contributed by atoms with Crippen molar-refractivity contribution in [1.29, 1.82) is 0 Å². The van der Waals surface area contributed by atoms with Crippen LogP contribution in [0.1, 0.15) is 32.8 Å². The number of halogens is 3. The lowest BCUT2D eigenvalue weighted by atomic mass is 9.92. The molecule has 6 nitrogen and oxygen atoms in total. The van der Waals surface area contributed by atoms with E-state index >= 15 is 0 Å². The van der Waals surface area contributed by atoms with Gasteiger partial charge in [-0.3, -0.25) is 4.79 Å². The van der Waals surface area contributed by atoms with Crippen LogP contribution >= 0.6 is 0 Å². The number of aromatic nitrogens is 3. The summed E-state index contributed by atoms with van der Waals surface area (Å²) in [5.74, 6) is 0.0970. The highest BCUT2D eigenvalue weighted by Gasteiger charge is 2.31. The largest absolute Gasteiger partial charge is 0.466 e. The topological polar surface area (TPSA) is 69.0 Å². The number of amides is 1. The van der Waals surface area contributed by atoms with Crippen LogP contribution in [-0.2, 0) is 11.0 Å². The van der Waals surface area contributed by atoms with Gasteiger partial charge in [-0.1, -0.05) is 32.9 Å². The predicted octanol–water partition coefficient (Wildman–Crippen LogP) is 5.34. The van der Waals surface area contributed by atoms with Gasteiger partial charge < -0.3 is 10.1 Å². The van der Waals surface area contributed by atoms with Crippen LogP contribution in [-0.4, -0.2) is 27.8 Å². The summed E-state index contributed by atoms with van der Waals surface area (Å²) in [4.78, 5) is 16.3. The number of nitrogens with zero attached hydrogens (tertiary/aromatic N) is 3. The van der Waals surface area contributed by atoms with Crippen molar-refractivity contribution in [2.75, 3.05) is 12.4 Å². The van der Waals surface area contributed by atoms with Crippen molar-refractivity contribution in [3.63, 3.8) is 0 Å². The third-order valence-corrected chi connectivity index (χ3v) is 4.30. The molecule has 31 heavy (non-hydrogen) atoms. The SMILES string of the molecule is COc1nc(-c2cccc(C(F)(F)F)c2)n(-c2ccc(NC(=O)CC(C)(C)C)cc2)n1. The Morgan fingerprint density at radius 3 is 2.35 bits per heavy atom. The van der Waals surface area contributed by atoms with E-state index < -0.39 is 11.7 Å². The number of ether oxygens (including phenoxy) is 1. The molecule has 0 aliphatic heterocycles. The summed E-state index contributed by atoms with van der Waals surface area (Å²) in [6.07, 6.45) is -4.10. The standard InChI is InChI=1S/C22H23F3N4O2/c1-21(2,3)13-18(30)26-16-8-10-17(11-9-16)29-19(27-20(28-29)31-4)14-6-5-7-15(12-14)22(23,24)25/h5-12H,13H2,1-4H3,(H,26,30). The third kappa shape index (κ3) is 5.62. The molecule has 2 aromatic carbocycles. The minimum absolute atomic E-state index is 0.0231. The van der Waals surface area contributed by atoms with Crippen molar-refractivity contribution in [2.45, 2.75) is 33.4 Å². The third-order valence-electron chi connectivity index (χ3n) is 4.30. The Kier molecular flexibility index (Phi) is 6.06. The number of alkyl halides is 3. The molecule has 0 saturated carbocycles. The maximum absolute atomic E-state index is 13.1. The van der Waals surface area contributed by atoms with E-state index in [2.05, 4.69) is 15.4 Å². The van der Waals surface area contributed by atoms with E-state index in [1.807, 2.05) is 20.8 Å². The molecular weight excluding hydrogens is 409 g/mol. The van der Waals surface area contributed by atoms with E-state index in [9.17, 15) is 18.0 Å². The van der Waals surface area contributed by atoms with Crippen LogP contribution in [0, 0.1) is 5.41 Å². The summed E-state index contributed by atoms with van der Waals surface area (Å²) in [5.41, 5.74) is 0.479. The van der Waals surface area contributed by atoms with Crippen molar-refractivity contribution in [3.05, 3.63) is 54.1 Å². The van der Waals surface area contributed by atoms with Crippen molar-refractivity contribution < 1.29 is 22.7 Å². The fraction of sp³-hybridized carbons (Fsp3) is 0.318. The molecule has 1 heterocycles. The molecule has 0 bridgehead atoms. The molecule has 0 aliphatic carbocycles. The Morgan fingerprint density at radius 1 is 1.10 bits per heavy atom. The molecule has 3 aromatic rings. The first-order chi connectivity index (χ1) is 14.5. The molecule has 0 radical (unpaired) electrons. The highest BCUT2D eigenvalue weighted by molar-refractivity contribution is 5.91. The smallest absolute Gasteiger partial charge is 0.416 e. The molecule has 0 spiro atoms. The van der Waals surface area contributed by atoms with Crippen molar-refractivity contribution in [1.82, 2.24) is 14.8 Å². The minimum atomic E-state index is -4.47. The quantitative estimate of drug-likeness (QED) is 0.591. The van der Waals surface area contributed by atoms with Crippen molar-refractivity contribution in [3.8, 4) is 23.1 Å². The van der Waals surface area contributed by atoms with Gasteiger partial charge in [0.25, 0.3) is 0 Å². The maximum Gasteiger partial charge on any atom is 0.416 e. The van der Waals surface area contributed by atoms with Gasteiger partial charge in [0.2, 0.25) is 5.91 Å². The van der Waals surface area contributed by atoms with E-state index in [1.54, 1.807) is 24.3 Å². The average molecular weight is 432 g/mol. The lowest BCUT2D eigenvalue weighted by molar-refractivity contribution is -0.137. The van der Waals surface area contributed by atoms with Crippen LogP contribution in [0.25, 0.3) is 17.1 Å². The van der Waals surface area contributed by atoms with Gasteiger partial charge in [-0.2, -0.15) is 18.2 Å². The van der Waals surface area contributed by atoms with Gasteiger partial charge in [-0.15, -0.1) is 5.10 Å². The van der Waals surface area contributed by atoms with E-state index in [1.165, 1.54) is 23.9 Å². The van der Waals surface area contributed by atoms with Gasteiger partial charge >= 0.3 is 12.2 Å². The number of methoxy groups -OCH3 is 1. The Labute approximate surface area is 178 Å². The number of anilines is 1. The van der Waals surface area contributed by atoms with Crippen LogP contribution in [0.15, 0.2) is 48.5 Å². The summed E-state index contributed by atoms with van der Waals surface area (Å²) in [7, 11) is 1.38. The van der Waals surface area contributed by atoms with Crippen LogP contribution in [0.5, 0.6) is 6.01 Å². The number of carbonyl (C=O) groups excluding carboxylic acids is 1. The Balaban J connectivity index is 1.92. The van der Waals surface area contributed by atoms with Gasteiger partial charge in [0.1, 0.15) is 0 Å². The summed E-state index contributed by atoms with van der Waals surface area (Å²) in [6, 6.07) is 11.6. The zero-order valence-electron chi connectivity index (χ0n) is 17.6. The van der Waals surface area contributed by atoms with Gasteiger partial charge in [0.05, 0.1) is 18.4 Å². The molecule has 164 valence electrons. The second-order valence-corrected chi connectivity index (χ2v) is 8.24. The number of hydrogen-bond acceptors (Lipinski definition) is 4. The lowest BCUT2D eigenvalue weighted by Crippen LogP contribution is -2.19. The van der Waals surface area contributed by atoms with Crippen molar-refractivity contribution in [2.24, 2.45) is 5.41 Å². The molecule has 1 amide bonds. The molecule has 0 fully saturated rings. The zero-order chi connectivity index (χ0) is 22.8. The monoisotopic (exact) mass is 432 g/mol. The Hall–Kier alpha value is -3.36. The second-order valence-electron chi connectivity index (χ2n) is 8.24. The molecule has 0 saturated heterocycles. The lowest BCUT2D eigenvalue weighted by Gasteiger charge is -2.17. The summed E-state index contributed by atoms with van der Waals surface area (Å²) < 4.78 is 45.9. The van der Waals surface area contributed by atoms with Crippen LogP contribution in [0.4, 0.5) is 18.9 Å². The van der Waals surface area contributed by atoms with Crippen LogP contribution in [0.2, 0.25) is 0 Å². The van der Waals surface area contributed by atoms with Crippen LogP contribution < -0.4 is 10.1 Å². The first kappa shape index (κ1) is 22.3. The average Bonchev–Trinajstić information content (AvgIpc) is 3.11. The van der Waals surface area contributed by atoms with E-state index in [4.69, 9.17) is 4.74 Å². The van der Waals surface area contributed by atoms with Gasteiger partial charge in [-0.25, -0.2) is 4.68 Å². The number of benzene rings is 2. The van der Waals surface area contributed by atoms with E-state index in [0.29, 0.717) is 17.8 Å². The molecule has 3 rings (SSSR count). The molecule has 1 N–H and O–H groups in total. The summed E-state index contributed by atoms with van der Waals surface area (Å²) in [5, 5.41) is 7.05. The zero-order valence-corrected chi connectivity index (χ0v) is 17.6. The molecule has 0 atom stereocenters. The van der Waals surface area contributed by atoms with E-state index in [-0.39, 0.29) is 28.7 Å². The van der Waals surface area contributed by atoms with Crippen LogP contribution in [0.3, 0.4) is 0 Å².